The van der Waals surface area contributed by atoms with Crippen molar-refractivity contribution >= 4 is 5.96 Å². The minimum atomic E-state index is 0.530. The molecule has 2 heterocycles. The highest BCUT2D eigenvalue weighted by molar-refractivity contribution is 5.78. The fourth-order valence-corrected chi connectivity index (χ4v) is 2.86. The van der Waals surface area contributed by atoms with Gasteiger partial charge in [-0.15, -0.1) is 0 Å². The Kier molecular flexibility index (Phi) is 5.47. The molecule has 1 aromatic rings. The maximum Gasteiger partial charge on any atom is 0.216 e. The standard InChI is InChI=1S/C15H27N5O/c1-4-13-12(14(21-3)19(2)18-13)11-17-15(16)20-9-7-5-6-8-10-20/h4-11H2,1-3H3,(H2,16,17). The van der Waals surface area contributed by atoms with Crippen LogP contribution in [0.25, 0.3) is 0 Å². The molecule has 0 unspecified atom stereocenters. The van der Waals surface area contributed by atoms with Crippen molar-refractivity contribution in [2.75, 3.05) is 20.2 Å². The lowest BCUT2D eigenvalue weighted by Crippen LogP contribution is -2.38. The van der Waals surface area contributed by atoms with E-state index in [-0.39, 0.29) is 0 Å². The van der Waals surface area contributed by atoms with E-state index in [1.165, 1.54) is 25.7 Å². The summed E-state index contributed by atoms with van der Waals surface area (Å²) in [5, 5.41) is 4.47. The van der Waals surface area contributed by atoms with E-state index in [0.29, 0.717) is 12.5 Å². The molecule has 0 aromatic carbocycles. The largest absolute Gasteiger partial charge is 0.481 e. The van der Waals surface area contributed by atoms with Crippen molar-refractivity contribution in [1.82, 2.24) is 14.7 Å². The van der Waals surface area contributed by atoms with Gasteiger partial charge >= 0.3 is 0 Å². The quantitative estimate of drug-likeness (QED) is 0.677. The predicted octanol–water partition coefficient (Wildman–Crippen LogP) is 1.68. The number of hydrogen-bond acceptors (Lipinski definition) is 3. The van der Waals surface area contributed by atoms with Crippen molar-refractivity contribution in [2.45, 2.75) is 45.6 Å². The number of aryl methyl sites for hydroxylation is 2. The van der Waals surface area contributed by atoms with Gasteiger partial charge in [-0.3, -0.25) is 0 Å². The van der Waals surface area contributed by atoms with Crippen LogP contribution in [-0.2, 0) is 20.0 Å². The highest BCUT2D eigenvalue weighted by atomic mass is 16.5. The van der Waals surface area contributed by atoms with Gasteiger partial charge in [0.1, 0.15) is 0 Å². The van der Waals surface area contributed by atoms with Gasteiger partial charge in [-0.1, -0.05) is 19.8 Å². The lowest BCUT2D eigenvalue weighted by atomic mass is 10.2. The number of likely N-dealkylation sites (tertiary alicyclic amines) is 1. The molecule has 1 aliphatic heterocycles. The van der Waals surface area contributed by atoms with E-state index in [9.17, 15) is 0 Å². The Morgan fingerprint density at radius 1 is 1.29 bits per heavy atom. The number of ether oxygens (including phenoxy) is 1. The average Bonchev–Trinajstić information content (AvgIpc) is 2.68. The van der Waals surface area contributed by atoms with Crippen molar-refractivity contribution in [3.63, 3.8) is 0 Å². The molecule has 1 aromatic heterocycles. The van der Waals surface area contributed by atoms with Gasteiger partial charge in [0, 0.05) is 20.1 Å². The topological polar surface area (TPSA) is 68.7 Å². The van der Waals surface area contributed by atoms with Crippen LogP contribution in [0.3, 0.4) is 0 Å². The third-order valence-corrected chi connectivity index (χ3v) is 4.03. The number of guanidine groups is 1. The van der Waals surface area contributed by atoms with Crippen LogP contribution in [0.15, 0.2) is 4.99 Å². The molecule has 0 amide bonds. The van der Waals surface area contributed by atoms with Gasteiger partial charge in [-0.2, -0.15) is 5.10 Å². The van der Waals surface area contributed by atoms with E-state index >= 15 is 0 Å². The summed E-state index contributed by atoms with van der Waals surface area (Å²) in [6.45, 7) is 4.65. The Balaban J connectivity index is 2.11. The summed E-state index contributed by atoms with van der Waals surface area (Å²) in [5.74, 6) is 1.42. The van der Waals surface area contributed by atoms with Crippen LogP contribution < -0.4 is 10.5 Å². The number of aromatic nitrogens is 2. The van der Waals surface area contributed by atoms with E-state index in [1.807, 2.05) is 7.05 Å². The Bertz CT molecular complexity index is 486. The highest BCUT2D eigenvalue weighted by Crippen LogP contribution is 2.23. The maximum absolute atomic E-state index is 6.16. The van der Waals surface area contributed by atoms with Crippen molar-refractivity contribution < 1.29 is 4.74 Å². The molecule has 2 N–H and O–H groups in total. The van der Waals surface area contributed by atoms with Crippen molar-refractivity contribution in [2.24, 2.45) is 17.8 Å². The van der Waals surface area contributed by atoms with Gasteiger partial charge < -0.3 is 15.4 Å². The molecular formula is C15H27N5O. The van der Waals surface area contributed by atoms with Gasteiger partial charge in [0.2, 0.25) is 5.88 Å². The molecule has 0 radical (unpaired) electrons. The smallest absolute Gasteiger partial charge is 0.216 e. The van der Waals surface area contributed by atoms with Crippen LogP contribution in [-0.4, -0.2) is 40.8 Å². The summed E-state index contributed by atoms with van der Waals surface area (Å²) in [5.41, 5.74) is 8.23. The first-order valence-corrected chi connectivity index (χ1v) is 7.81. The molecule has 6 heteroatoms. The number of methoxy groups -OCH3 is 1. The third kappa shape index (κ3) is 3.68. The maximum atomic E-state index is 6.16. The normalized spacial score (nSPS) is 16.9. The zero-order valence-corrected chi connectivity index (χ0v) is 13.4. The van der Waals surface area contributed by atoms with Crippen molar-refractivity contribution in [3.8, 4) is 5.88 Å². The lowest BCUT2D eigenvalue weighted by Gasteiger charge is -2.21. The Hall–Kier alpha value is -1.72. The molecule has 118 valence electrons. The van der Waals surface area contributed by atoms with Gasteiger partial charge in [0.05, 0.1) is 24.9 Å². The Morgan fingerprint density at radius 2 is 1.95 bits per heavy atom. The summed E-state index contributed by atoms with van der Waals surface area (Å²) >= 11 is 0. The number of nitrogens with zero attached hydrogens (tertiary/aromatic N) is 4. The molecule has 0 atom stereocenters. The molecule has 1 aliphatic rings. The van der Waals surface area contributed by atoms with Crippen molar-refractivity contribution in [1.29, 1.82) is 0 Å². The fraction of sp³-hybridized carbons (Fsp3) is 0.733. The van der Waals surface area contributed by atoms with Crippen LogP contribution in [0, 0.1) is 0 Å². The lowest BCUT2D eigenvalue weighted by molar-refractivity contribution is 0.369. The van der Waals surface area contributed by atoms with Crippen LogP contribution in [0.4, 0.5) is 0 Å². The molecule has 0 spiro atoms. The molecule has 0 saturated carbocycles. The zero-order chi connectivity index (χ0) is 15.2. The molecule has 0 bridgehead atoms. The summed E-state index contributed by atoms with van der Waals surface area (Å²) in [7, 11) is 3.56. The summed E-state index contributed by atoms with van der Waals surface area (Å²) in [4.78, 5) is 6.77. The monoisotopic (exact) mass is 293 g/mol. The number of nitrogens with two attached hydrogens (primary N) is 1. The fourth-order valence-electron chi connectivity index (χ4n) is 2.86. The van der Waals surface area contributed by atoms with Gasteiger partial charge in [0.15, 0.2) is 5.96 Å². The average molecular weight is 293 g/mol. The third-order valence-electron chi connectivity index (χ3n) is 4.03. The number of hydrogen-bond donors (Lipinski definition) is 1. The molecule has 21 heavy (non-hydrogen) atoms. The van der Waals surface area contributed by atoms with Crippen LogP contribution in [0.1, 0.15) is 43.9 Å². The molecule has 2 rings (SSSR count). The van der Waals surface area contributed by atoms with E-state index in [0.717, 1.165) is 36.6 Å². The van der Waals surface area contributed by atoms with E-state index < -0.39 is 0 Å². The molecule has 1 fully saturated rings. The predicted molar refractivity (Wildman–Crippen MR) is 84.5 cm³/mol. The summed E-state index contributed by atoms with van der Waals surface area (Å²) in [6, 6.07) is 0. The van der Waals surface area contributed by atoms with E-state index in [4.69, 9.17) is 10.5 Å². The highest BCUT2D eigenvalue weighted by Gasteiger charge is 2.16. The van der Waals surface area contributed by atoms with E-state index in [1.54, 1.807) is 11.8 Å². The van der Waals surface area contributed by atoms with E-state index in [2.05, 4.69) is 21.9 Å². The number of rotatable bonds is 4. The van der Waals surface area contributed by atoms with Gasteiger partial charge in [0.25, 0.3) is 0 Å². The van der Waals surface area contributed by atoms with Gasteiger partial charge in [-0.25, -0.2) is 9.67 Å². The first kappa shape index (κ1) is 15.7. The van der Waals surface area contributed by atoms with Crippen LogP contribution >= 0.6 is 0 Å². The van der Waals surface area contributed by atoms with Crippen LogP contribution in [0.2, 0.25) is 0 Å². The summed E-state index contributed by atoms with van der Waals surface area (Å²) < 4.78 is 7.20. The zero-order valence-electron chi connectivity index (χ0n) is 13.4. The summed E-state index contributed by atoms with van der Waals surface area (Å²) in [6.07, 6.45) is 5.85. The number of aliphatic imine (C=N–C) groups is 1. The molecule has 0 aliphatic carbocycles. The molecule has 1 saturated heterocycles. The Morgan fingerprint density at radius 3 is 2.52 bits per heavy atom. The first-order valence-electron chi connectivity index (χ1n) is 7.81. The van der Waals surface area contributed by atoms with Crippen molar-refractivity contribution in [3.05, 3.63) is 11.3 Å². The Labute approximate surface area is 127 Å². The second kappa shape index (κ2) is 7.33. The molecular weight excluding hydrogens is 266 g/mol. The minimum absolute atomic E-state index is 0.530. The second-order valence-electron chi connectivity index (χ2n) is 5.49. The van der Waals surface area contributed by atoms with Gasteiger partial charge in [-0.05, 0) is 19.3 Å². The first-order chi connectivity index (χ1) is 10.2. The SMILES string of the molecule is CCc1nn(C)c(OC)c1CN=C(N)N1CCCCCC1. The minimum Gasteiger partial charge on any atom is -0.481 e. The van der Waals surface area contributed by atoms with Crippen LogP contribution in [0.5, 0.6) is 5.88 Å². The second-order valence-corrected chi connectivity index (χ2v) is 5.49. The molecule has 6 nitrogen and oxygen atoms in total.